The van der Waals surface area contributed by atoms with Crippen molar-refractivity contribution in [1.82, 2.24) is 0 Å². The number of carboxylic acids is 1. The van der Waals surface area contributed by atoms with E-state index in [0.717, 1.165) is 12.8 Å². The van der Waals surface area contributed by atoms with Crippen molar-refractivity contribution in [2.45, 2.75) is 32.6 Å². The molecule has 3 atom stereocenters. The number of hydrogen-bond acceptors (Lipinski definition) is 2. The van der Waals surface area contributed by atoms with Crippen molar-refractivity contribution in [3.05, 3.63) is 11.6 Å². The lowest BCUT2D eigenvalue weighted by atomic mass is 9.53. The monoisotopic (exact) mass is 209 g/mol. The highest BCUT2D eigenvalue weighted by Crippen LogP contribution is 2.59. The van der Waals surface area contributed by atoms with Crippen molar-refractivity contribution in [1.29, 1.82) is 0 Å². The zero-order chi connectivity index (χ0) is 11.1. The minimum atomic E-state index is -0.711. The summed E-state index contributed by atoms with van der Waals surface area (Å²) in [5, 5.41) is 8.91. The quantitative estimate of drug-likeness (QED) is 0.694. The van der Waals surface area contributed by atoms with Gasteiger partial charge in [-0.05, 0) is 43.1 Å². The Labute approximate surface area is 90.3 Å². The minimum absolute atomic E-state index is 0.132. The van der Waals surface area contributed by atoms with Crippen LogP contribution in [0.2, 0.25) is 0 Å². The van der Waals surface area contributed by atoms with E-state index in [-0.39, 0.29) is 11.8 Å². The van der Waals surface area contributed by atoms with Crippen LogP contribution in [0.1, 0.15) is 32.6 Å². The first-order valence-electron chi connectivity index (χ1n) is 5.72. The third-order valence-corrected chi connectivity index (χ3v) is 4.19. The molecule has 0 aromatic heterocycles. The van der Waals surface area contributed by atoms with Crippen LogP contribution in [0, 0.1) is 17.3 Å². The summed E-state index contributed by atoms with van der Waals surface area (Å²) in [6.45, 7) is 2.67. The SMILES string of the molecule is CCC1=C[C@@H]2[C@@H](C1)C[C@]2(CN)CC(=O)O. The Kier molecular flexibility index (Phi) is 2.59. The highest BCUT2D eigenvalue weighted by Gasteiger charge is 2.54. The van der Waals surface area contributed by atoms with Crippen LogP contribution in [0.15, 0.2) is 11.6 Å². The number of hydrogen-bond donors (Lipinski definition) is 2. The minimum Gasteiger partial charge on any atom is -0.481 e. The lowest BCUT2D eigenvalue weighted by Gasteiger charge is -2.51. The van der Waals surface area contributed by atoms with Crippen molar-refractivity contribution in [2.75, 3.05) is 6.54 Å². The highest BCUT2D eigenvalue weighted by molar-refractivity contribution is 5.68. The molecular formula is C12H19NO2. The molecule has 3 nitrogen and oxygen atoms in total. The normalized spacial score (nSPS) is 38.1. The van der Waals surface area contributed by atoms with Crippen molar-refractivity contribution < 1.29 is 9.90 Å². The van der Waals surface area contributed by atoms with Crippen LogP contribution in [0.3, 0.4) is 0 Å². The van der Waals surface area contributed by atoms with E-state index in [1.165, 1.54) is 12.0 Å². The molecule has 0 heterocycles. The summed E-state index contributed by atoms with van der Waals surface area (Å²) in [4.78, 5) is 10.8. The number of carbonyl (C=O) groups is 1. The van der Waals surface area contributed by atoms with Gasteiger partial charge >= 0.3 is 5.97 Å². The summed E-state index contributed by atoms with van der Waals surface area (Å²) in [5.74, 6) is 0.411. The Morgan fingerprint density at radius 2 is 2.47 bits per heavy atom. The molecule has 0 spiro atoms. The first-order chi connectivity index (χ1) is 7.11. The lowest BCUT2D eigenvalue weighted by Crippen LogP contribution is -2.51. The van der Waals surface area contributed by atoms with Crippen LogP contribution >= 0.6 is 0 Å². The number of nitrogens with two attached hydrogens (primary N) is 1. The van der Waals surface area contributed by atoms with Crippen molar-refractivity contribution >= 4 is 5.97 Å². The third-order valence-electron chi connectivity index (χ3n) is 4.19. The summed E-state index contributed by atoms with van der Waals surface area (Å²) >= 11 is 0. The standard InChI is InChI=1S/C12H19NO2/c1-2-8-3-9-5-12(7-13,6-11(14)15)10(9)4-8/h4,9-10H,2-3,5-7,13H2,1H3,(H,14,15)/t9-,10+,12+/m0/s1. The molecule has 0 aromatic rings. The predicted octanol–water partition coefficient (Wildman–Crippen LogP) is 1.78. The highest BCUT2D eigenvalue weighted by atomic mass is 16.4. The van der Waals surface area contributed by atoms with Crippen LogP contribution in [-0.2, 0) is 4.79 Å². The van der Waals surface area contributed by atoms with Gasteiger partial charge in [0.05, 0.1) is 6.42 Å². The third kappa shape index (κ3) is 1.59. The Bertz CT molecular complexity index is 311. The Balaban J connectivity index is 2.11. The molecule has 15 heavy (non-hydrogen) atoms. The van der Waals surface area contributed by atoms with Gasteiger partial charge in [-0.2, -0.15) is 0 Å². The molecule has 0 aliphatic heterocycles. The van der Waals surface area contributed by atoms with Gasteiger partial charge in [0, 0.05) is 0 Å². The van der Waals surface area contributed by atoms with Gasteiger partial charge in [-0.15, -0.1) is 0 Å². The van der Waals surface area contributed by atoms with Crippen LogP contribution in [0.4, 0.5) is 0 Å². The number of aliphatic carboxylic acids is 1. The molecule has 3 N–H and O–H groups in total. The number of allylic oxidation sites excluding steroid dienone is 2. The van der Waals surface area contributed by atoms with E-state index in [1.54, 1.807) is 0 Å². The zero-order valence-corrected chi connectivity index (χ0v) is 9.20. The lowest BCUT2D eigenvalue weighted by molar-refractivity contribution is -0.144. The number of rotatable bonds is 4. The second-order valence-corrected chi connectivity index (χ2v) is 5.01. The second kappa shape index (κ2) is 3.63. The largest absolute Gasteiger partial charge is 0.481 e. The van der Waals surface area contributed by atoms with Crippen LogP contribution < -0.4 is 5.73 Å². The molecular weight excluding hydrogens is 190 g/mol. The molecule has 1 fully saturated rings. The van der Waals surface area contributed by atoms with E-state index in [2.05, 4.69) is 13.0 Å². The fourth-order valence-electron chi connectivity index (χ4n) is 3.34. The fourth-order valence-corrected chi connectivity index (χ4v) is 3.34. The maximum atomic E-state index is 10.8. The van der Waals surface area contributed by atoms with E-state index in [0.29, 0.717) is 18.4 Å². The van der Waals surface area contributed by atoms with Crippen LogP contribution in [0.5, 0.6) is 0 Å². The van der Waals surface area contributed by atoms with Gasteiger partial charge < -0.3 is 10.8 Å². The summed E-state index contributed by atoms with van der Waals surface area (Å²) in [6, 6.07) is 0. The molecule has 0 saturated heterocycles. The maximum Gasteiger partial charge on any atom is 0.303 e. The summed E-state index contributed by atoms with van der Waals surface area (Å²) < 4.78 is 0. The molecule has 0 aromatic carbocycles. The van der Waals surface area contributed by atoms with E-state index < -0.39 is 5.97 Å². The molecule has 3 heteroatoms. The van der Waals surface area contributed by atoms with Gasteiger partial charge in [-0.25, -0.2) is 0 Å². The molecule has 2 aliphatic rings. The van der Waals surface area contributed by atoms with Crippen molar-refractivity contribution in [3.63, 3.8) is 0 Å². The molecule has 2 aliphatic carbocycles. The molecule has 0 amide bonds. The van der Waals surface area contributed by atoms with Gasteiger partial charge in [0.2, 0.25) is 0 Å². The van der Waals surface area contributed by atoms with Crippen LogP contribution in [0.25, 0.3) is 0 Å². The fraction of sp³-hybridized carbons (Fsp3) is 0.750. The topological polar surface area (TPSA) is 63.3 Å². The second-order valence-electron chi connectivity index (χ2n) is 5.01. The zero-order valence-electron chi connectivity index (χ0n) is 9.20. The molecule has 2 rings (SSSR count). The molecule has 84 valence electrons. The summed E-state index contributed by atoms with van der Waals surface area (Å²) in [6.07, 6.45) is 5.80. The molecule has 0 radical (unpaired) electrons. The Morgan fingerprint density at radius 1 is 1.73 bits per heavy atom. The Morgan fingerprint density at radius 3 is 3.00 bits per heavy atom. The van der Waals surface area contributed by atoms with E-state index in [4.69, 9.17) is 10.8 Å². The molecule has 0 unspecified atom stereocenters. The van der Waals surface area contributed by atoms with E-state index in [1.807, 2.05) is 0 Å². The first kappa shape index (κ1) is 10.7. The average Bonchev–Trinajstić information content (AvgIpc) is 2.53. The van der Waals surface area contributed by atoms with E-state index >= 15 is 0 Å². The number of carboxylic acid groups (broad SMARTS) is 1. The summed E-state index contributed by atoms with van der Waals surface area (Å²) in [5.41, 5.74) is 7.13. The molecule has 1 saturated carbocycles. The first-order valence-corrected chi connectivity index (χ1v) is 5.72. The van der Waals surface area contributed by atoms with Gasteiger partial charge in [-0.1, -0.05) is 18.6 Å². The van der Waals surface area contributed by atoms with Gasteiger partial charge in [-0.3, -0.25) is 4.79 Å². The van der Waals surface area contributed by atoms with Crippen LogP contribution in [-0.4, -0.2) is 17.6 Å². The van der Waals surface area contributed by atoms with E-state index in [9.17, 15) is 4.79 Å². The smallest absolute Gasteiger partial charge is 0.303 e. The molecule has 0 bridgehead atoms. The Hall–Kier alpha value is -0.830. The van der Waals surface area contributed by atoms with Gasteiger partial charge in [0.15, 0.2) is 0 Å². The average molecular weight is 209 g/mol. The summed E-state index contributed by atoms with van der Waals surface area (Å²) in [7, 11) is 0. The number of fused-ring (bicyclic) bond motifs is 1. The van der Waals surface area contributed by atoms with Crippen molar-refractivity contribution in [3.8, 4) is 0 Å². The van der Waals surface area contributed by atoms with Crippen molar-refractivity contribution in [2.24, 2.45) is 23.0 Å². The predicted molar refractivity (Wildman–Crippen MR) is 58.3 cm³/mol. The van der Waals surface area contributed by atoms with Gasteiger partial charge in [0.25, 0.3) is 0 Å². The maximum absolute atomic E-state index is 10.8. The van der Waals surface area contributed by atoms with Gasteiger partial charge in [0.1, 0.15) is 0 Å².